The summed E-state index contributed by atoms with van der Waals surface area (Å²) in [5.74, 6) is 2.80. The molecular weight excluding hydrogens is 260 g/mol. The zero-order valence-corrected chi connectivity index (χ0v) is 12.7. The molecule has 1 aromatic heterocycles. The highest BCUT2D eigenvalue weighted by molar-refractivity contribution is 5.61. The predicted molar refractivity (Wildman–Crippen MR) is 87.1 cm³/mol. The standard InChI is InChI=1S/C17H22N4/c1-14-8-10-21(11-9-14)17-12-16(18-13-19-17)20(2)15-6-4-3-5-7-15/h3-7,12-14H,8-11H2,1-2H3. The molecular formula is C17H22N4. The van der Waals surface area contributed by atoms with Crippen LogP contribution >= 0.6 is 0 Å². The summed E-state index contributed by atoms with van der Waals surface area (Å²) in [5, 5.41) is 0. The van der Waals surface area contributed by atoms with Gasteiger partial charge in [-0.2, -0.15) is 0 Å². The highest BCUT2D eigenvalue weighted by atomic mass is 15.2. The van der Waals surface area contributed by atoms with Crippen molar-refractivity contribution in [2.75, 3.05) is 29.9 Å². The number of aromatic nitrogens is 2. The molecule has 0 atom stereocenters. The molecule has 2 aromatic rings. The summed E-state index contributed by atoms with van der Waals surface area (Å²) in [4.78, 5) is 13.3. The van der Waals surface area contributed by atoms with Crippen LogP contribution in [-0.2, 0) is 0 Å². The molecule has 1 aliphatic rings. The Labute approximate surface area is 126 Å². The number of anilines is 3. The van der Waals surface area contributed by atoms with Crippen molar-refractivity contribution in [3.05, 3.63) is 42.7 Å². The number of para-hydroxylation sites is 1. The molecule has 0 spiro atoms. The van der Waals surface area contributed by atoms with Gasteiger partial charge in [0.05, 0.1) is 0 Å². The van der Waals surface area contributed by atoms with Crippen molar-refractivity contribution in [3.63, 3.8) is 0 Å². The van der Waals surface area contributed by atoms with Crippen molar-refractivity contribution in [1.29, 1.82) is 0 Å². The van der Waals surface area contributed by atoms with Crippen molar-refractivity contribution in [3.8, 4) is 0 Å². The second-order valence-corrected chi connectivity index (χ2v) is 5.80. The van der Waals surface area contributed by atoms with Gasteiger partial charge in [0.1, 0.15) is 18.0 Å². The lowest BCUT2D eigenvalue weighted by Gasteiger charge is -2.31. The number of piperidine rings is 1. The van der Waals surface area contributed by atoms with Crippen LogP contribution < -0.4 is 9.80 Å². The molecule has 0 unspecified atom stereocenters. The summed E-state index contributed by atoms with van der Waals surface area (Å²) in [7, 11) is 2.04. The third-order valence-electron chi connectivity index (χ3n) is 4.23. The van der Waals surface area contributed by atoms with Gasteiger partial charge >= 0.3 is 0 Å². The van der Waals surface area contributed by atoms with Crippen LogP contribution in [0.3, 0.4) is 0 Å². The molecule has 1 aliphatic heterocycles. The Morgan fingerprint density at radius 3 is 2.52 bits per heavy atom. The lowest BCUT2D eigenvalue weighted by Crippen LogP contribution is -2.33. The maximum Gasteiger partial charge on any atom is 0.138 e. The number of hydrogen-bond acceptors (Lipinski definition) is 4. The summed E-state index contributed by atoms with van der Waals surface area (Å²) in [6.07, 6.45) is 4.16. The average Bonchev–Trinajstić information content (AvgIpc) is 2.56. The highest BCUT2D eigenvalue weighted by Gasteiger charge is 2.18. The van der Waals surface area contributed by atoms with Crippen LogP contribution in [0.5, 0.6) is 0 Å². The molecule has 0 saturated carbocycles. The quantitative estimate of drug-likeness (QED) is 0.862. The Kier molecular flexibility index (Phi) is 4.04. The molecule has 0 bridgehead atoms. The van der Waals surface area contributed by atoms with Crippen molar-refractivity contribution < 1.29 is 0 Å². The zero-order valence-electron chi connectivity index (χ0n) is 12.7. The predicted octanol–water partition coefficient (Wildman–Crippen LogP) is 3.48. The molecule has 1 saturated heterocycles. The largest absolute Gasteiger partial charge is 0.356 e. The van der Waals surface area contributed by atoms with Gasteiger partial charge in [-0.25, -0.2) is 9.97 Å². The summed E-state index contributed by atoms with van der Waals surface area (Å²) in [6.45, 7) is 4.51. The van der Waals surface area contributed by atoms with E-state index in [0.29, 0.717) is 0 Å². The average molecular weight is 282 g/mol. The van der Waals surface area contributed by atoms with Crippen LogP contribution in [0.25, 0.3) is 0 Å². The first-order valence-electron chi connectivity index (χ1n) is 7.60. The van der Waals surface area contributed by atoms with E-state index in [1.807, 2.05) is 25.2 Å². The van der Waals surface area contributed by atoms with Crippen LogP contribution in [-0.4, -0.2) is 30.1 Å². The van der Waals surface area contributed by atoms with E-state index in [9.17, 15) is 0 Å². The maximum absolute atomic E-state index is 4.45. The van der Waals surface area contributed by atoms with Crippen molar-refractivity contribution in [2.45, 2.75) is 19.8 Å². The van der Waals surface area contributed by atoms with E-state index >= 15 is 0 Å². The second kappa shape index (κ2) is 6.12. The van der Waals surface area contributed by atoms with E-state index < -0.39 is 0 Å². The minimum atomic E-state index is 0.828. The van der Waals surface area contributed by atoms with Gasteiger partial charge in [-0.05, 0) is 30.9 Å². The monoisotopic (exact) mass is 282 g/mol. The molecule has 110 valence electrons. The molecule has 1 aromatic carbocycles. The highest BCUT2D eigenvalue weighted by Crippen LogP contribution is 2.26. The lowest BCUT2D eigenvalue weighted by molar-refractivity contribution is 0.436. The number of rotatable bonds is 3. The van der Waals surface area contributed by atoms with Crippen LogP contribution in [0.15, 0.2) is 42.7 Å². The summed E-state index contributed by atoms with van der Waals surface area (Å²) < 4.78 is 0. The van der Waals surface area contributed by atoms with Gasteiger partial charge in [-0.3, -0.25) is 0 Å². The van der Waals surface area contributed by atoms with Gasteiger partial charge < -0.3 is 9.80 Å². The Bertz CT molecular complexity index is 576. The van der Waals surface area contributed by atoms with Gasteiger partial charge in [0.2, 0.25) is 0 Å². The molecule has 1 fully saturated rings. The van der Waals surface area contributed by atoms with Gasteiger partial charge in [0, 0.05) is 31.9 Å². The molecule has 4 nitrogen and oxygen atoms in total. The van der Waals surface area contributed by atoms with E-state index in [2.05, 4.69) is 44.9 Å². The fourth-order valence-corrected chi connectivity index (χ4v) is 2.72. The van der Waals surface area contributed by atoms with Gasteiger partial charge in [-0.1, -0.05) is 25.1 Å². The Hall–Kier alpha value is -2.10. The molecule has 2 heterocycles. The third-order valence-corrected chi connectivity index (χ3v) is 4.23. The molecule has 4 heteroatoms. The molecule has 0 radical (unpaired) electrons. The van der Waals surface area contributed by atoms with Crippen LogP contribution in [0, 0.1) is 5.92 Å². The van der Waals surface area contributed by atoms with E-state index in [0.717, 1.165) is 36.3 Å². The van der Waals surface area contributed by atoms with Gasteiger partial charge in [0.15, 0.2) is 0 Å². The minimum absolute atomic E-state index is 0.828. The molecule has 0 amide bonds. The zero-order chi connectivity index (χ0) is 14.7. The van der Waals surface area contributed by atoms with Crippen LogP contribution in [0.4, 0.5) is 17.3 Å². The first-order valence-corrected chi connectivity index (χ1v) is 7.60. The molecule has 0 N–H and O–H groups in total. The van der Waals surface area contributed by atoms with Gasteiger partial charge in [-0.15, -0.1) is 0 Å². The Morgan fingerprint density at radius 2 is 1.81 bits per heavy atom. The van der Waals surface area contributed by atoms with E-state index in [-0.39, 0.29) is 0 Å². The SMILES string of the molecule is CC1CCN(c2cc(N(C)c3ccccc3)ncn2)CC1. The van der Waals surface area contributed by atoms with E-state index in [1.54, 1.807) is 6.33 Å². The lowest BCUT2D eigenvalue weighted by atomic mass is 9.99. The maximum atomic E-state index is 4.45. The normalized spacial score (nSPS) is 16.0. The first kappa shape index (κ1) is 13.9. The Morgan fingerprint density at radius 1 is 1.10 bits per heavy atom. The number of nitrogens with zero attached hydrogens (tertiary/aromatic N) is 4. The Balaban J connectivity index is 1.80. The number of benzene rings is 1. The summed E-state index contributed by atoms with van der Waals surface area (Å²) >= 11 is 0. The van der Waals surface area contributed by atoms with Crippen molar-refractivity contribution in [2.24, 2.45) is 5.92 Å². The van der Waals surface area contributed by atoms with E-state index in [1.165, 1.54) is 12.8 Å². The third kappa shape index (κ3) is 3.15. The number of hydrogen-bond donors (Lipinski definition) is 0. The van der Waals surface area contributed by atoms with Crippen LogP contribution in [0.2, 0.25) is 0 Å². The second-order valence-electron chi connectivity index (χ2n) is 5.80. The van der Waals surface area contributed by atoms with E-state index in [4.69, 9.17) is 0 Å². The smallest absolute Gasteiger partial charge is 0.138 e. The molecule has 3 rings (SSSR count). The fraction of sp³-hybridized carbons (Fsp3) is 0.412. The van der Waals surface area contributed by atoms with Gasteiger partial charge in [0.25, 0.3) is 0 Å². The molecule has 0 aliphatic carbocycles. The first-order chi connectivity index (χ1) is 10.2. The summed E-state index contributed by atoms with van der Waals surface area (Å²) in [6, 6.07) is 12.4. The fourth-order valence-electron chi connectivity index (χ4n) is 2.72. The molecule has 21 heavy (non-hydrogen) atoms. The topological polar surface area (TPSA) is 32.3 Å². The van der Waals surface area contributed by atoms with Crippen LogP contribution in [0.1, 0.15) is 19.8 Å². The summed E-state index contributed by atoms with van der Waals surface area (Å²) in [5.41, 5.74) is 1.13. The van der Waals surface area contributed by atoms with Crippen molar-refractivity contribution in [1.82, 2.24) is 9.97 Å². The minimum Gasteiger partial charge on any atom is -0.356 e. The van der Waals surface area contributed by atoms with Crippen molar-refractivity contribution >= 4 is 17.3 Å².